The van der Waals surface area contributed by atoms with Crippen LogP contribution in [0.25, 0.3) is 0 Å². The van der Waals surface area contributed by atoms with Crippen LogP contribution < -0.4 is 15.2 Å². The molecule has 1 fully saturated rings. The molecule has 1 aliphatic carbocycles. The van der Waals surface area contributed by atoms with Crippen LogP contribution in [-0.4, -0.2) is 19.3 Å². The van der Waals surface area contributed by atoms with E-state index < -0.39 is 0 Å². The highest BCUT2D eigenvalue weighted by Crippen LogP contribution is 2.44. The summed E-state index contributed by atoms with van der Waals surface area (Å²) in [7, 11) is 1.64. The molecule has 0 aromatic heterocycles. The van der Waals surface area contributed by atoms with E-state index in [0.29, 0.717) is 0 Å². The fraction of sp³-hybridized carbons (Fsp3) is 0.538. The molecule has 18 heavy (non-hydrogen) atoms. The van der Waals surface area contributed by atoms with E-state index in [1.165, 1.54) is 0 Å². The van der Waals surface area contributed by atoms with Crippen LogP contribution in [0.5, 0.6) is 11.5 Å². The van der Waals surface area contributed by atoms with Crippen molar-refractivity contribution in [2.24, 2.45) is 11.1 Å². The van der Waals surface area contributed by atoms with Gasteiger partial charge in [0, 0.05) is 17.9 Å². The maximum atomic E-state index is 6.03. The SMILES string of the molecule is COc1cc(Br)c(OC2CC(N)C2(C)C)cc1Br. The number of rotatable bonds is 3. The minimum atomic E-state index is 0.0197. The summed E-state index contributed by atoms with van der Waals surface area (Å²) in [6.07, 6.45) is 1.05. The third kappa shape index (κ3) is 2.40. The second-order valence-corrected chi connectivity index (χ2v) is 6.90. The number of halogens is 2. The highest BCUT2D eigenvalue weighted by atomic mass is 79.9. The van der Waals surface area contributed by atoms with Crippen LogP contribution in [0.4, 0.5) is 0 Å². The predicted molar refractivity (Wildman–Crippen MR) is 79.2 cm³/mol. The van der Waals surface area contributed by atoms with Crippen LogP contribution in [0.2, 0.25) is 0 Å². The highest BCUT2D eigenvalue weighted by Gasteiger charge is 2.48. The lowest BCUT2D eigenvalue weighted by molar-refractivity contribution is -0.0404. The lowest BCUT2D eigenvalue weighted by atomic mass is 9.65. The maximum Gasteiger partial charge on any atom is 0.135 e. The van der Waals surface area contributed by atoms with Crippen molar-refractivity contribution in [2.45, 2.75) is 32.4 Å². The van der Waals surface area contributed by atoms with Crippen LogP contribution in [0.1, 0.15) is 20.3 Å². The average molecular weight is 379 g/mol. The van der Waals surface area contributed by atoms with Gasteiger partial charge in [-0.25, -0.2) is 0 Å². The third-order valence-electron chi connectivity index (χ3n) is 3.73. The first kappa shape index (κ1) is 14.2. The van der Waals surface area contributed by atoms with Gasteiger partial charge < -0.3 is 15.2 Å². The molecular formula is C13H17Br2NO2. The van der Waals surface area contributed by atoms with Crippen molar-refractivity contribution in [3.8, 4) is 11.5 Å². The van der Waals surface area contributed by atoms with E-state index in [-0.39, 0.29) is 17.6 Å². The van der Waals surface area contributed by atoms with Gasteiger partial charge in [0.2, 0.25) is 0 Å². The lowest BCUT2D eigenvalue weighted by Crippen LogP contribution is -2.60. The number of hydrogen-bond acceptors (Lipinski definition) is 3. The van der Waals surface area contributed by atoms with E-state index in [9.17, 15) is 0 Å². The molecule has 100 valence electrons. The van der Waals surface area contributed by atoms with Gasteiger partial charge in [-0.15, -0.1) is 0 Å². The van der Waals surface area contributed by atoms with Crippen LogP contribution in [0.15, 0.2) is 21.1 Å². The fourth-order valence-corrected chi connectivity index (χ4v) is 2.93. The van der Waals surface area contributed by atoms with E-state index in [4.69, 9.17) is 15.2 Å². The summed E-state index contributed by atoms with van der Waals surface area (Å²) in [4.78, 5) is 0. The van der Waals surface area contributed by atoms with Crippen molar-refractivity contribution in [1.29, 1.82) is 0 Å². The quantitative estimate of drug-likeness (QED) is 0.871. The molecule has 2 N–H and O–H groups in total. The van der Waals surface area contributed by atoms with Crippen molar-refractivity contribution in [3.05, 3.63) is 21.1 Å². The molecule has 0 amide bonds. The number of ether oxygens (including phenoxy) is 2. The molecular weight excluding hydrogens is 362 g/mol. The van der Waals surface area contributed by atoms with Crippen molar-refractivity contribution < 1.29 is 9.47 Å². The van der Waals surface area contributed by atoms with Crippen molar-refractivity contribution in [2.75, 3.05) is 7.11 Å². The topological polar surface area (TPSA) is 44.5 Å². The molecule has 2 atom stereocenters. The Kier molecular flexibility index (Phi) is 3.95. The molecule has 1 aromatic rings. The van der Waals surface area contributed by atoms with Crippen LogP contribution in [0.3, 0.4) is 0 Å². The first-order valence-electron chi connectivity index (χ1n) is 5.81. The van der Waals surface area contributed by atoms with Gasteiger partial charge in [-0.2, -0.15) is 0 Å². The standard InChI is InChI=1S/C13H17Br2NO2/c1-13(2)11(16)6-12(13)18-10-5-7(14)9(17-3)4-8(10)15/h4-5,11-12H,6,16H2,1-3H3. The molecule has 1 aliphatic rings. The maximum absolute atomic E-state index is 6.03. The summed E-state index contributed by atoms with van der Waals surface area (Å²) in [5.74, 6) is 1.59. The molecule has 5 heteroatoms. The lowest BCUT2D eigenvalue weighted by Gasteiger charge is -2.49. The molecule has 3 nitrogen and oxygen atoms in total. The first-order valence-corrected chi connectivity index (χ1v) is 7.40. The van der Waals surface area contributed by atoms with Gasteiger partial charge >= 0.3 is 0 Å². The zero-order chi connectivity index (χ0) is 13.5. The fourth-order valence-electron chi connectivity index (χ4n) is 2.03. The minimum Gasteiger partial charge on any atom is -0.496 e. The van der Waals surface area contributed by atoms with Gasteiger partial charge in [0.05, 0.1) is 16.1 Å². The third-order valence-corrected chi connectivity index (χ3v) is 4.97. The van der Waals surface area contributed by atoms with Crippen molar-refractivity contribution in [1.82, 2.24) is 0 Å². The number of nitrogens with two attached hydrogens (primary N) is 1. The zero-order valence-corrected chi connectivity index (χ0v) is 13.8. The van der Waals surface area contributed by atoms with Crippen molar-refractivity contribution in [3.63, 3.8) is 0 Å². The van der Waals surface area contributed by atoms with E-state index in [1.807, 2.05) is 12.1 Å². The number of benzene rings is 1. The molecule has 0 bridgehead atoms. The summed E-state index contributed by atoms with van der Waals surface area (Å²) in [6.45, 7) is 4.27. The van der Waals surface area contributed by atoms with E-state index in [0.717, 1.165) is 26.9 Å². The Labute approximate surface area is 124 Å². The predicted octanol–water partition coefficient (Wildman–Crippen LogP) is 3.72. The summed E-state index contributed by atoms with van der Waals surface area (Å²) in [5, 5.41) is 0. The highest BCUT2D eigenvalue weighted by molar-refractivity contribution is 9.11. The molecule has 0 radical (unpaired) electrons. The summed E-state index contributed by atoms with van der Waals surface area (Å²) < 4.78 is 13.0. The van der Waals surface area contributed by atoms with E-state index >= 15 is 0 Å². The second kappa shape index (κ2) is 5.02. The van der Waals surface area contributed by atoms with Crippen molar-refractivity contribution >= 4 is 31.9 Å². The van der Waals surface area contributed by atoms with E-state index in [1.54, 1.807) is 7.11 Å². The first-order chi connectivity index (χ1) is 8.36. The average Bonchev–Trinajstić information content (AvgIpc) is 2.32. The number of hydrogen-bond donors (Lipinski definition) is 1. The van der Waals surface area contributed by atoms with Gasteiger partial charge in [-0.05, 0) is 44.0 Å². The Morgan fingerprint density at radius 3 is 2.28 bits per heavy atom. The number of methoxy groups -OCH3 is 1. The smallest absolute Gasteiger partial charge is 0.135 e. The Balaban J connectivity index is 2.18. The summed E-state index contributed by atoms with van der Waals surface area (Å²) >= 11 is 6.96. The largest absolute Gasteiger partial charge is 0.496 e. The van der Waals surface area contributed by atoms with Gasteiger partial charge in [-0.1, -0.05) is 13.8 Å². The van der Waals surface area contributed by atoms with Gasteiger partial charge in [0.25, 0.3) is 0 Å². The van der Waals surface area contributed by atoms with Gasteiger partial charge in [0.1, 0.15) is 17.6 Å². The molecule has 0 spiro atoms. The molecule has 1 aromatic carbocycles. The molecule has 1 saturated carbocycles. The van der Waals surface area contributed by atoms with Crippen LogP contribution >= 0.6 is 31.9 Å². The Bertz CT molecular complexity index is 463. The zero-order valence-electron chi connectivity index (χ0n) is 10.7. The van der Waals surface area contributed by atoms with E-state index in [2.05, 4.69) is 45.7 Å². The normalized spacial score (nSPS) is 25.4. The Hall–Kier alpha value is -0.260. The monoisotopic (exact) mass is 377 g/mol. The summed E-state index contributed by atoms with van der Waals surface area (Å²) in [5.41, 5.74) is 6.01. The summed E-state index contributed by atoms with van der Waals surface area (Å²) in [6, 6.07) is 4.02. The minimum absolute atomic E-state index is 0.0197. The molecule has 2 unspecified atom stereocenters. The Morgan fingerprint density at radius 2 is 1.78 bits per heavy atom. The van der Waals surface area contributed by atoms with Gasteiger partial charge in [0.15, 0.2) is 0 Å². The Morgan fingerprint density at radius 1 is 1.22 bits per heavy atom. The molecule has 2 rings (SSSR count). The molecule has 0 saturated heterocycles. The van der Waals surface area contributed by atoms with Crippen LogP contribution in [0, 0.1) is 5.41 Å². The molecule has 0 aliphatic heterocycles. The molecule has 0 heterocycles. The second-order valence-electron chi connectivity index (χ2n) is 5.19. The van der Waals surface area contributed by atoms with Crippen LogP contribution in [-0.2, 0) is 0 Å². The van der Waals surface area contributed by atoms with Gasteiger partial charge in [-0.3, -0.25) is 0 Å².